The topological polar surface area (TPSA) is 43.6 Å². The van der Waals surface area contributed by atoms with E-state index in [0.29, 0.717) is 0 Å². The highest BCUT2D eigenvalue weighted by Crippen LogP contribution is 1.93. The van der Waals surface area contributed by atoms with Crippen LogP contribution in [0.3, 0.4) is 0 Å². The van der Waals surface area contributed by atoms with Crippen LogP contribution in [0.1, 0.15) is 5.82 Å². The third-order valence-electron chi connectivity index (χ3n) is 1.77. The van der Waals surface area contributed by atoms with Crippen molar-refractivity contribution >= 4 is 0 Å². The molecular weight excluding hydrogens is 164 g/mol. The standard InChI is InChI=1S/C9H10N4/c1-3-11-9(12-4-1)2-6-13-7-5-10-8-13/h1,3-5,7-8H,2,6H2. The van der Waals surface area contributed by atoms with Gasteiger partial charge in [-0.1, -0.05) is 0 Å². The molecule has 13 heavy (non-hydrogen) atoms. The number of hydrogen-bond acceptors (Lipinski definition) is 3. The molecule has 0 unspecified atom stereocenters. The average molecular weight is 174 g/mol. The Labute approximate surface area is 76.3 Å². The van der Waals surface area contributed by atoms with Crippen molar-refractivity contribution < 1.29 is 0 Å². The molecule has 0 aliphatic carbocycles. The van der Waals surface area contributed by atoms with Crippen LogP contribution in [0.4, 0.5) is 0 Å². The average Bonchev–Trinajstić information content (AvgIpc) is 2.69. The van der Waals surface area contributed by atoms with E-state index in [1.807, 2.05) is 16.8 Å². The highest BCUT2D eigenvalue weighted by Gasteiger charge is 1.94. The number of aryl methyl sites for hydroxylation is 2. The molecule has 2 aromatic rings. The Hall–Kier alpha value is -1.71. The molecular formula is C9H10N4. The smallest absolute Gasteiger partial charge is 0.129 e. The molecule has 2 heterocycles. The van der Waals surface area contributed by atoms with Crippen molar-refractivity contribution in [1.82, 2.24) is 19.5 Å². The number of nitrogens with zero attached hydrogens (tertiary/aromatic N) is 4. The normalized spacial score (nSPS) is 10.2. The number of rotatable bonds is 3. The van der Waals surface area contributed by atoms with Gasteiger partial charge >= 0.3 is 0 Å². The minimum Gasteiger partial charge on any atom is -0.337 e. The lowest BCUT2D eigenvalue weighted by Crippen LogP contribution is -2.01. The Kier molecular flexibility index (Phi) is 2.31. The van der Waals surface area contributed by atoms with Gasteiger partial charge in [-0.25, -0.2) is 15.0 Å². The van der Waals surface area contributed by atoms with E-state index in [4.69, 9.17) is 0 Å². The Bertz CT molecular complexity index is 341. The van der Waals surface area contributed by atoms with E-state index in [2.05, 4.69) is 15.0 Å². The Morgan fingerprint density at radius 1 is 1.15 bits per heavy atom. The molecule has 0 amide bonds. The largest absolute Gasteiger partial charge is 0.337 e. The van der Waals surface area contributed by atoms with Gasteiger partial charge in [0.25, 0.3) is 0 Å². The van der Waals surface area contributed by atoms with Gasteiger partial charge in [-0.05, 0) is 6.07 Å². The van der Waals surface area contributed by atoms with Crippen molar-refractivity contribution in [3.63, 3.8) is 0 Å². The van der Waals surface area contributed by atoms with E-state index >= 15 is 0 Å². The van der Waals surface area contributed by atoms with E-state index in [0.717, 1.165) is 18.8 Å². The van der Waals surface area contributed by atoms with Crippen LogP contribution in [0.2, 0.25) is 0 Å². The lowest BCUT2D eigenvalue weighted by Gasteiger charge is -1.99. The number of aromatic nitrogens is 4. The zero-order chi connectivity index (χ0) is 8.93. The second-order valence-electron chi connectivity index (χ2n) is 2.72. The van der Waals surface area contributed by atoms with Crippen LogP contribution in [0.25, 0.3) is 0 Å². The molecule has 0 fully saturated rings. The molecule has 0 saturated heterocycles. The summed E-state index contributed by atoms with van der Waals surface area (Å²) in [7, 11) is 0. The van der Waals surface area contributed by atoms with E-state index < -0.39 is 0 Å². The number of hydrogen-bond donors (Lipinski definition) is 0. The summed E-state index contributed by atoms with van der Waals surface area (Å²) in [4.78, 5) is 12.2. The van der Waals surface area contributed by atoms with Gasteiger partial charge in [0, 0.05) is 37.8 Å². The van der Waals surface area contributed by atoms with Crippen molar-refractivity contribution in [2.24, 2.45) is 0 Å². The Balaban J connectivity index is 1.94. The van der Waals surface area contributed by atoms with Gasteiger partial charge in [0.05, 0.1) is 6.33 Å². The molecule has 0 saturated carbocycles. The third kappa shape index (κ3) is 2.11. The summed E-state index contributed by atoms with van der Waals surface area (Å²) in [6.07, 6.45) is 9.86. The van der Waals surface area contributed by atoms with Crippen LogP contribution in [0.5, 0.6) is 0 Å². The first-order valence-electron chi connectivity index (χ1n) is 4.17. The van der Waals surface area contributed by atoms with E-state index in [1.54, 1.807) is 24.9 Å². The summed E-state index contributed by atoms with van der Waals surface area (Å²) in [5.74, 6) is 0.871. The fourth-order valence-corrected chi connectivity index (χ4v) is 1.11. The van der Waals surface area contributed by atoms with Gasteiger partial charge < -0.3 is 4.57 Å². The predicted molar refractivity (Wildman–Crippen MR) is 48.0 cm³/mol. The lowest BCUT2D eigenvalue weighted by atomic mass is 10.4. The summed E-state index contributed by atoms with van der Waals surface area (Å²) in [6, 6.07) is 1.82. The van der Waals surface area contributed by atoms with Crippen LogP contribution >= 0.6 is 0 Å². The van der Waals surface area contributed by atoms with Crippen LogP contribution in [-0.2, 0) is 13.0 Å². The highest BCUT2D eigenvalue weighted by atomic mass is 15.0. The molecule has 4 heteroatoms. The van der Waals surface area contributed by atoms with Crippen molar-refractivity contribution in [1.29, 1.82) is 0 Å². The van der Waals surface area contributed by atoms with Gasteiger partial charge in [-0.15, -0.1) is 0 Å². The monoisotopic (exact) mass is 174 g/mol. The van der Waals surface area contributed by atoms with Gasteiger partial charge in [0.1, 0.15) is 5.82 Å². The van der Waals surface area contributed by atoms with Gasteiger partial charge in [0.15, 0.2) is 0 Å². The molecule has 66 valence electrons. The van der Waals surface area contributed by atoms with Gasteiger partial charge in [0.2, 0.25) is 0 Å². The summed E-state index contributed by atoms with van der Waals surface area (Å²) in [5, 5.41) is 0. The first kappa shape index (κ1) is 7.91. The molecule has 0 aliphatic heterocycles. The zero-order valence-electron chi connectivity index (χ0n) is 7.17. The summed E-state index contributed by atoms with van der Waals surface area (Å²) < 4.78 is 2.01. The molecule has 2 rings (SSSR count). The van der Waals surface area contributed by atoms with Gasteiger partial charge in [-0.3, -0.25) is 0 Å². The van der Waals surface area contributed by atoms with E-state index in [-0.39, 0.29) is 0 Å². The molecule has 2 aromatic heterocycles. The maximum Gasteiger partial charge on any atom is 0.129 e. The first-order chi connectivity index (χ1) is 6.45. The van der Waals surface area contributed by atoms with Crippen molar-refractivity contribution in [3.8, 4) is 0 Å². The maximum absolute atomic E-state index is 4.13. The molecule has 0 spiro atoms. The molecule has 0 atom stereocenters. The molecule has 0 aromatic carbocycles. The number of imidazole rings is 1. The second kappa shape index (κ2) is 3.80. The quantitative estimate of drug-likeness (QED) is 0.694. The van der Waals surface area contributed by atoms with Crippen LogP contribution in [0, 0.1) is 0 Å². The molecule has 0 aliphatic rings. The summed E-state index contributed by atoms with van der Waals surface area (Å²) in [6.45, 7) is 0.879. The Morgan fingerprint density at radius 3 is 2.69 bits per heavy atom. The minimum atomic E-state index is 0.844. The molecule has 4 nitrogen and oxygen atoms in total. The van der Waals surface area contributed by atoms with Crippen molar-refractivity contribution in [2.45, 2.75) is 13.0 Å². The van der Waals surface area contributed by atoms with Crippen molar-refractivity contribution in [3.05, 3.63) is 43.0 Å². The molecule has 0 radical (unpaired) electrons. The summed E-state index contributed by atoms with van der Waals surface area (Å²) in [5.41, 5.74) is 0. The van der Waals surface area contributed by atoms with Gasteiger partial charge in [-0.2, -0.15) is 0 Å². The fraction of sp³-hybridized carbons (Fsp3) is 0.222. The molecule has 0 N–H and O–H groups in total. The lowest BCUT2D eigenvalue weighted by molar-refractivity contribution is 0.670. The SMILES string of the molecule is c1cnc(CCn2ccnc2)nc1. The Morgan fingerprint density at radius 2 is 2.00 bits per heavy atom. The van der Waals surface area contributed by atoms with Crippen molar-refractivity contribution in [2.75, 3.05) is 0 Å². The van der Waals surface area contributed by atoms with Crippen LogP contribution in [0.15, 0.2) is 37.2 Å². The predicted octanol–water partition coefficient (Wildman–Crippen LogP) is 0.916. The zero-order valence-corrected chi connectivity index (χ0v) is 7.17. The van der Waals surface area contributed by atoms with E-state index in [9.17, 15) is 0 Å². The first-order valence-corrected chi connectivity index (χ1v) is 4.17. The fourth-order valence-electron chi connectivity index (χ4n) is 1.11. The van der Waals surface area contributed by atoms with Crippen LogP contribution < -0.4 is 0 Å². The summed E-state index contributed by atoms with van der Waals surface area (Å²) >= 11 is 0. The minimum absolute atomic E-state index is 0.844. The highest BCUT2D eigenvalue weighted by molar-refractivity contribution is 4.89. The second-order valence-corrected chi connectivity index (χ2v) is 2.72. The maximum atomic E-state index is 4.13. The van der Waals surface area contributed by atoms with Crippen LogP contribution in [-0.4, -0.2) is 19.5 Å². The van der Waals surface area contributed by atoms with E-state index in [1.165, 1.54) is 0 Å². The molecule has 0 bridgehead atoms. The third-order valence-corrected chi connectivity index (χ3v) is 1.77.